The molecule has 1 saturated heterocycles. The molecule has 1 unspecified atom stereocenters. The van der Waals surface area contributed by atoms with Crippen molar-refractivity contribution in [2.45, 2.75) is 11.7 Å². The lowest BCUT2D eigenvalue weighted by Crippen LogP contribution is -2.26. The Labute approximate surface area is 120 Å². The molecule has 2 heterocycles. The van der Waals surface area contributed by atoms with Crippen LogP contribution in [0.3, 0.4) is 0 Å². The molecule has 0 N–H and O–H groups in total. The molecule has 3 rings (SSSR count). The van der Waals surface area contributed by atoms with Gasteiger partial charge < -0.3 is 9.32 Å². The lowest BCUT2D eigenvalue weighted by molar-refractivity contribution is -0.117. The van der Waals surface area contributed by atoms with Crippen molar-refractivity contribution >= 4 is 21.8 Å². The molecule has 0 aliphatic carbocycles. The second-order valence-corrected chi connectivity index (χ2v) is 6.34. The quantitative estimate of drug-likeness (QED) is 0.807. The Hall–Kier alpha value is -2.22. The number of rotatable bonds is 3. The van der Waals surface area contributed by atoms with Crippen LogP contribution in [0.2, 0.25) is 0 Å². The van der Waals surface area contributed by atoms with Crippen molar-refractivity contribution < 1.29 is 21.5 Å². The van der Waals surface area contributed by atoms with Gasteiger partial charge in [-0.05, 0) is 24.3 Å². The van der Waals surface area contributed by atoms with Crippen LogP contribution in [-0.4, -0.2) is 31.1 Å². The number of aromatic nitrogens is 1. The van der Waals surface area contributed by atoms with Crippen molar-refractivity contribution in [3.8, 4) is 11.3 Å². The van der Waals surface area contributed by atoms with E-state index in [4.69, 9.17) is 4.42 Å². The van der Waals surface area contributed by atoms with Crippen molar-refractivity contribution in [2.75, 3.05) is 11.4 Å². The molecule has 1 aliphatic rings. The number of hydrogen-bond acceptors (Lipinski definition) is 5. The lowest BCUT2D eigenvalue weighted by Gasteiger charge is -2.16. The molecule has 0 spiro atoms. The molecule has 1 aromatic carbocycles. The third-order valence-electron chi connectivity index (χ3n) is 3.38. The number of oxazole rings is 1. The molecular weight excluding hydrogens is 299 g/mol. The zero-order valence-electron chi connectivity index (χ0n) is 10.8. The molecule has 110 valence electrons. The molecule has 0 saturated carbocycles. The molecule has 1 aliphatic heterocycles. The van der Waals surface area contributed by atoms with Gasteiger partial charge in [0.1, 0.15) is 5.25 Å². The van der Waals surface area contributed by atoms with E-state index in [0.717, 1.165) is 5.56 Å². The molecule has 6 nitrogen and oxygen atoms in total. The van der Waals surface area contributed by atoms with E-state index in [1.807, 2.05) is 0 Å². The maximum atomic E-state index is 13.0. The number of halogens is 1. The molecule has 21 heavy (non-hydrogen) atoms. The highest BCUT2D eigenvalue weighted by Gasteiger charge is 2.38. The van der Waals surface area contributed by atoms with Gasteiger partial charge in [0.15, 0.2) is 12.2 Å². The highest BCUT2D eigenvalue weighted by molar-refractivity contribution is 7.87. The van der Waals surface area contributed by atoms with Crippen LogP contribution in [0, 0.1) is 0 Å². The van der Waals surface area contributed by atoms with Crippen LogP contribution in [0.1, 0.15) is 6.42 Å². The second kappa shape index (κ2) is 4.96. The first kappa shape index (κ1) is 13.7. The summed E-state index contributed by atoms with van der Waals surface area (Å²) >= 11 is 0. The fourth-order valence-corrected chi connectivity index (χ4v) is 2.95. The summed E-state index contributed by atoms with van der Waals surface area (Å²) in [5, 5.41) is -1.29. The largest absolute Gasteiger partial charge is 0.444 e. The van der Waals surface area contributed by atoms with E-state index in [1.165, 1.54) is 11.3 Å². The maximum absolute atomic E-state index is 13.0. The zero-order valence-corrected chi connectivity index (χ0v) is 11.6. The number of nitrogens with zero attached hydrogens (tertiary/aromatic N) is 2. The van der Waals surface area contributed by atoms with Gasteiger partial charge in [0, 0.05) is 24.2 Å². The average Bonchev–Trinajstić information content (AvgIpc) is 3.07. The lowest BCUT2D eigenvalue weighted by atomic mass is 10.1. The topological polar surface area (TPSA) is 80.5 Å². The Bertz CT molecular complexity index is 756. The first-order chi connectivity index (χ1) is 9.95. The first-order valence-electron chi connectivity index (χ1n) is 6.18. The van der Waals surface area contributed by atoms with Gasteiger partial charge in [0.25, 0.3) is 0 Å². The minimum atomic E-state index is -4.71. The minimum absolute atomic E-state index is 0.167. The maximum Gasteiger partial charge on any atom is 0.307 e. The summed E-state index contributed by atoms with van der Waals surface area (Å²) in [6.45, 7) is -0.167. The van der Waals surface area contributed by atoms with Crippen LogP contribution in [0.5, 0.6) is 0 Å². The molecule has 1 amide bonds. The van der Waals surface area contributed by atoms with Crippen molar-refractivity contribution in [3.63, 3.8) is 0 Å². The van der Waals surface area contributed by atoms with Gasteiger partial charge in [-0.1, -0.05) is 0 Å². The van der Waals surface area contributed by atoms with Crippen molar-refractivity contribution in [1.29, 1.82) is 0 Å². The Kier molecular flexibility index (Phi) is 3.25. The van der Waals surface area contributed by atoms with E-state index in [-0.39, 0.29) is 13.0 Å². The predicted octanol–water partition coefficient (Wildman–Crippen LogP) is 1.75. The van der Waals surface area contributed by atoms with Crippen LogP contribution < -0.4 is 4.90 Å². The average molecular weight is 310 g/mol. The fraction of sp³-hybridized carbons (Fsp3) is 0.231. The van der Waals surface area contributed by atoms with E-state index in [0.29, 0.717) is 11.4 Å². The smallest absolute Gasteiger partial charge is 0.307 e. The van der Waals surface area contributed by atoms with E-state index in [2.05, 4.69) is 4.98 Å². The molecule has 0 bridgehead atoms. The highest BCUT2D eigenvalue weighted by atomic mass is 32.3. The second-order valence-electron chi connectivity index (χ2n) is 4.72. The van der Waals surface area contributed by atoms with Gasteiger partial charge in [-0.3, -0.25) is 4.79 Å². The number of carbonyl (C=O) groups is 1. The number of carbonyl (C=O) groups excluding carboxylic acids is 1. The minimum Gasteiger partial charge on any atom is -0.444 e. The van der Waals surface area contributed by atoms with E-state index >= 15 is 0 Å². The summed E-state index contributed by atoms with van der Waals surface area (Å²) in [4.78, 5) is 16.9. The third kappa shape index (κ3) is 2.66. The van der Waals surface area contributed by atoms with Crippen molar-refractivity contribution in [2.24, 2.45) is 0 Å². The van der Waals surface area contributed by atoms with Crippen molar-refractivity contribution in [3.05, 3.63) is 36.9 Å². The number of amides is 1. The first-order valence-corrected chi connectivity index (χ1v) is 7.62. The van der Waals surface area contributed by atoms with Gasteiger partial charge in [0.2, 0.25) is 5.91 Å². The van der Waals surface area contributed by atoms with Gasteiger partial charge >= 0.3 is 10.2 Å². The summed E-state index contributed by atoms with van der Waals surface area (Å²) in [6.07, 6.45) is 2.54. The highest BCUT2D eigenvalue weighted by Crippen LogP contribution is 2.28. The summed E-state index contributed by atoms with van der Waals surface area (Å²) in [5.41, 5.74) is 1.30. The van der Waals surface area contributed by atoms with Gasteiger partial charge in [-0.2, -0.15) is 8.42 Å². The molecule has 1 aromatic heterocycles. The molecule has 2 aromatic rings. The van der Waals surface area contributed by atoms with Gasteiger partial charge in [-0.15, -0.1) is 3.89 Å². The summed E-state index contributed by atoms with van der Waals surface area (Å²) < 4.78 is 39.9. The zero-order chi connectivity index (χ0) is 15.0. The van der Waals surface area contributed by atoms with Crippen LogP contribution in [0.4, 0.5) is 9.57 Å². The molecule has 8 heteroatoms. The molecule has 1 fully saturated rings. The SMILES string of the molecule is O=C1CC(S(=O)(=O)F)CN1c1ccc(-c2cnco2)cc1. The molecule has 0 radical (unpaired) electrons. The monoisotopic (exact) mass is 310 g/mol. The van der Waals surface area contributed by atoms with E-state index in [1.54, 1.807) is 30.5 Å². The van der Waals surface area contributed by atoms with Gasteiger partial charge in [0.05, 0.1) is 6.20 Å². The number of anilines is 1. The summed E-state index contributed by atoms with van der Waals surface area (Å²) in [6, 6.07) is 6.76. The van der Waals surface area contributed by atoms with Crippen LogP contribution in [-0.2, 0) is 15.0 Å². The van der Waals surface area contributed by atoms with Crippen molar-refractivity contribution in [1.82, 2.24) is 4.98 Å². The predicted molar refractivity (Wildman–Crippen MR) is 72.7 cm³/mol. The van der Waals surface area contributed by atoms with Crippen LogP contribution in [0.25, 0.3) is 11.3 Å². The number of benzene rings is 1. The third-order valence-corrected chi connectivity index (χ3v) is 4.50. The Morgan fingerprint density at radius 3 is 2.52 bits per heavy atom. The van der Waals surface area contributed by atoms with Crippen LogP contribution in [0.15, 0.2) is 41.3 Å². The molecular formula is C13H11FN2O4S. The number of hydrogen-bond donors (Lipinski definition) is 0. The van der Waals surface area contributed by atoms with E-state index < -0.39 is 21.4 Å². The Balaban J connectivity index is 1.83. The Morgan fingerprint density at radius 2 is 2.00 bits per heavy atom. The summed E-state index contributed by atoms with van der Waals surface area (Å²) in [5.74, 6) is 0.173. The molecule has 1 atom stereocenters. The normalized spacial score (nSPS) is 19.2. The Morgan fingerprint density at radius 1 is 1.29 bits per heavy atom. The van der Waals surface area contributed by atoms with Crippen LogP contribution >= 0.6 is 0 Å². The van der Waals surface area contributed by atoms with Gasteiger partial charge in [-0.25, -0.2) is 4.98 Å². The van der Waals surface area contributed by atoms with E-state index in [9.17, 15) is 17.1 Å². The standard InChI is InChI=1S/C13H11FN2O4S/c14-21(18,19)11-5-13(17)16(7-11)10-3-1-9(2-4-10)12-6-15-8-20-12/h1-4,6,8,11H,5,7H2. The fourth-order valence-electron chi connectivity index (χ4n) is 2.28. The summed E-state index contributed by atoms with van der Waals surface area (Å²) in [7, 11) is -4.71.